The highest BCUT2D eigenvalue weighted by Crippen LogP contribution is 2.29. The Morgan fingerprint density at radius 2 is 2.31 bits per heavy atom. The van der Waals surface area contributed by atoms with E-state index in [1.807, 2.05) is 0 Å². The van der Waals surface area contributed by atoms with E-state index in [9.17, 15) is 9.18 Å². The third-order valence-corrected chi connectivity index (χ3v) is 3.12. The van der Waals surface area contributed by atoms with Gasteiger partial charge in [-0.05, 0) is 24.1 Å². The van der Waals surface area contributed by atoms with Gasteiger partial charge in [-0.25, -0.2) is 4.39 Å². The Morgan fingerprint density at radius 3 is 2.88 bits per heavy atom. The van der Waals surface area contributed by atoms with Gasteiger partial charge in [0.05, 0.1) is 10.9 Å². The number of carbonyl (C=O) groups is 1. The Balaban J connectivity index is 2.14. The van der Waals surface area contributed by atoms with Gasteiger partial charge in [-0.3, -0.25) is 4.79 Å². The van der Waals surface area contributed by atoms with Crippen LogP contribution in [0.15, 0.2) is 18.2 Å². The number of carboxylic acids is 1. The topological polar surface area (TPSA) is 49.3 Å². The van der Waals surface area contributed by atoms with Crippen molar-refractivity contribution in [3.05, 3.63) is 34.6 Å². The molecule has 2 unspecified atom stereocenters. The number of aliphatic carboxylic acids is 1. The van der Waals surface area contributed by atoms with Gasteiger partial charge in [0.1, 0.15) is 5.82 Å². The summed E-state index contributed by atoms with van der Waals surface area (Å²) >= 11 is 5.67. The van der Waals surface area contributed by atoms with Crippen LogP contribution in [0, 0.1) is 11.7 Å². The summed E-state index contributed by atoms with van der Waals surface area (Å²) in [7, 11) is 0. The first-order chi connectivity index (χ1) is 7.58. The van der Waals surface area contributed by atoms with Crippen molar-refractivity contribution in [2.45, 2.75) is 12.5 Å². The molecule has 1 aliphatic rings. The van der Waals surface area contributed by atoms with Crippen LogP contribution in [-0.4, -0.2) is 17.6 Å². The smallest absolute Gasteiger partial charge is 0.307 e. The number of benzene rings is 1. The van der Waals surface area contributed by atoms with Crippen molar-refractivity contribution in [2.75, 3.05) is 6.54 Å². The molecule has 0 amide bonds. The van der Waals surface area contributed by atoms with Crippen molar-refractivity contribution < 1.29 is 14.3 Å². The zero-order chi connectivity index (χ0) is 11.7. The van der Waals surface area contributed by atoms with E-state index in [2.05, 4.69) is 5.32 Å². The lowest BCUT2D eigenvalue weighted by molar-refractivity contribution is -0.141. The van der Waals surface area contributed by atoms with Crippen molar-refractivity contribution in [2.24, 2.45) is 5.92 Å². The fourth-order valence-corrected chi connectivity index (χ4v) is 2.10. The van der Waals surface area contributed by atoms with Crippen LogP contribution in [0.3, 0.4) is 0 Å². The number of rotatable bonds is 2. The average molecular weight is 244 g/mol. The van der Waals surface area contributed by atoms with Gasteiger partial charge in [0, 0.05) is 12.6 Å². The molecular weight excluding hydrogens is 233 g/mol. The predicted molar refractivity (Wildman–Crippen MR) is 57.9 cm³/mol. The maximum absolute atomic E-state index is 12.9. The Kier molecular flexibility index (Phi) is 3.12. The van der Waals surface area contributed by atoms with E-state index in [0.717, 1.165) is 5.56 Å². The highest BCUT2D eigenvalue weighted by Gasteiger charge is 2.30. The highest BCUT2D eigenvalue weighted by molar-refractivity contribution is 6.30. The minimum absolute atomic E-state index is 0.0563. The largest absolute Gasteiger partial charge is 0.481 e. The molecule has 1 aromatic rings. The zero-order valence-corrected chi connectivity index (χ0v) is 9.17. The van der Waals surface area contributed by atoms with Gasteiger partial charge in [-0.15, -0.1) is 0 Å². The minimum atomic E-state index is -0.803. The Labute approximate surface area is 97.2 Å². The van der Waals surface area contributed by atoms with E-state index in [4.69, 9.17) is 16.7 Å². The van der Waals surface area contributed by atoms with Gasteiger partial charge in [-0.1, -0.05) is 17.7 Å². The first kappa shape index (κ1) is 11.4. The fourth-order valence-electron chi connectivity index (χ4n) is 1.91. The van der Waals surface area contributed by atoms with E-state index in [-0.39, 0.29) is 17.0 Å². The van der Waals surface area contributed by atoms with Gasteiger partial charge in [0.2, 0.25) is 0 Å². The fraction of sp³-hybridized carbons (Fsp3) is 0.364. The summed E-state index contributed by atoms with van der Waals surface area (Å²) in [6.45, 7) is 0.439. The summed E-state index contributed by atoms with van der Waals surface area (Å²) in [6, 6.07) is 4.41. The monoisotopic (exact) mass is 243 g/mol. The van der Waals surface area contributed by atoms with Crippen molar-refractivity contribution in [3.8, 4) is 0 Å². The maximum Gasteiger partial charge on any atom is 0.307 e. The molecule has 0 bridgehead atoms. The van der Waals surface area contributed by atoms with Crippen molar-refractivity contribution in [1.29, 1.82) is 0 Å². The van der Waals surface area contributed by atoms with Crippen LogP contribution < -0.4 is 5.32 Å². The second-order valence-electron chi connectivity index (χ2n) is 3.91. The molecule has 16 heavy (non-hydrogen) atoms. The van der Waals surface area contributed by atoms with Crippen molar-refractivity contribution in [1.82, 2.24) is 5.32 Å². The highest BCUT2D eigenvalue weighted by atomic mass is 35.5. The molecule has 0 saturated carbocycles. The lowest BCUT2D eigenvalue weighted by Gasteiger charge is -2.10. The molecule has 1 heterocycles. The first-order valence-corrected chi connectivity index (χ1v) is 5.37. The van der Waals surface area contributed by atoms with Gasteiger partial charge >= 0.3 is 5.97 Å². The Morgan fingerprint density at radius 1 is 1.56 bits per heavy atom. The molecule has 86 valence electrons. The van der Waals surface area contributed by atoms with E-state index in [1.165, 1.54) is 6.07 Å². The summed E-state index contributed by atoms with van der Waals surface area (Å²) < 4.78 is 12.9. The molecule has 0 spiro atoms. The average Bonchev–Trinajstić information content (AvgIpc) is 2.71. The molecule has 1 aliphatic heterocycles. The Hall–Kier alpha value is -1.13. The molecule has 1 fully saturated rings. The summed E-state index contributed by atoms with van der Waals surface area (Å²) in [5, 5.41) is 12.0. The van der Waals surface area contributed by atoms with Crippen LogP contribution in [0.4, 0.5) is 4.39 Å². The molecule has 2 N–H and O–H groups in total. The number of halogens is 2. The molecule has 1 saturated heterocycles. The number of carboxylic acid groups (broad SMARTS) is 1. The minimum Gasteiger partial charge on any atom is -0.481 e. The van der Waals surface area contributed by atoms with Crippen LogP contribution in [-0.2, 0) is 4.79 Å². The van der Waals surface area contributed by atoms with Crippen LogP contribution in [0.25, 0.3) is 0 Å². The molecule has 5 heteroatoms. The van der Waals surface area contributed by atoms with E-state index in [1.54, 1.807) is 12.1 Å². The lowest BCUT2D eigenvalue weighted by atomic mass is 10.0. The third kappa shape index (κ3) is 2.18. The third-order valence-electron chi connectivity index (χ3n) is 2.83. The number of hydrogen-bond acceptors (Lipinski definition) is 2. The number of nitrogens with one attached hydrogen (secondary N) is 1. The summed E-state index contributed by atoms with van der Waals surface area (Å²) in [6.07, 6.45) is 0.511. The van der Waals surface area contributed by atoms with Gasteiger partial charge < -0.3 is 10.4 Å². The summed E-state index contributed by atoms with van der Waals surface area (Å²) in [4.78, 5) is 10.8. The predicted octanol–water partition coefficient (Wildman–Crippen LogP) is 2.21. The van der Waals surface area contributed by atoms with Crippen LogP contribution in [0.2, 0.25) is 5.02 Å². The summed E-state index contributed by atoms with van der Waals surface area (Å²) in [5.74, 6) is -1.64. The van der Waals surface area contributed by atoms with Crippen molar-refractivity contribution in [3.63, 3.8) is 0 Å². The quantitative estimate of drug-likeness (QED) is 0.837. The molecule has 2 rings (SSSR count). The normalized spacial score (nSPS) is 24.6. The SMILES string of the molecule is O=C(O)C1CNC(c2ccc(F)c(Cl)c2)C1. The van der Waals surface area contributed by atoms with E-state index in [0.29, 0.717) is 13.0 Å². The van der Waals surface area contributed by atoms with Crippen LogP contribution >= 0.6 is 11.6 Å². The van der Waals surface area contributed by atoms with E-state index >= 15 is 0 Å². The van der Waals surface area contributed by atoms with Gasteiger partial charge in [0.15, 0.2) is 0 Å². The Bertz CT molecular complexity index is 424. The van der Waals surface area contributed by atoms with Gasteiger partial charge in [0.25, 0.3) is 0 Å². The lowest BCUT2D eigenvalue weighted by Crippen LogP contribution is -2.17. The van der Waals surface area contributed by atoms with Crippen LogP contribution in [0.5, 0.6) is 0 Å². The second-order valence-corrected chi connectivity index (χ2v) is 4.31. The first-order valence-electron chi connectivity index (χ1n) is 4.99. The number of hydrogen-bond donors (Lipinski definition) is 2. The summed E-state index contributed by atoms with van der Waals surface area (Å²) in [5.41, 5.74) is 0.829. The zero-order valence-electron chi connectivity index (χ0n) is 8.41. The van der Waals surface area contributed by atoms with Crippen molar-refractivity contribution >= 4 is 17.6 Å². The second kappa shape index (κ2) is 4.39. The molecule has 0 radical (unpaired) electrons. The molecule has 0 aromatic heterocycles. The maximum atomic E-state index is 12.9. The molecular formula is C11H11ClFNO2. The molecule has 2 atom stereocenters. The molecule has 1 aromatic carbocycles. The van der Waals surface area contributed by atoms with Crippen LogP contribution in [0.1, 0.15) is 18.0 Å². The van der Waals surface area contributed by atoms with Gasteiger partial charge in [-0.2, -0.15) is 0 Å². The standard InChI is InChI=1S/C11H11ClFNO2/c12-8-3-6(1-2-9(8)13)10-4-7(5-14-10)11(15)16/h1-3,7,10,14H,4-5H2,(H,15,16). The molecule has 0 aliphatic carbocycles. The molecule has 3 nitrogen and oxygen atoms in total. The van der Waals surface area contributed by atoms with E-state index < -0.39 is 11.8 Å².